The maximum Gasteiger partial charge on any atom is 0.156 e. The normalized spacial score (nSPS) is 10.2. The van der Waals surface area contributed by atoms with E-state index < -0.39 is 0 Å². The van der Waals surface area contributed by atoms with E-state index >= 15 is 0 Å². The molecule has 0 bridgehead atoms. The van der Waals surface area contributed by atoms with E-state index in [1.807, 2.05) is 17.5 Å². The number of hydrogen-bond donors (Lipinski definition) is 1. The molecule has 66 valence electrons. The van der Waals surface area contributed by atoms with Crippen molar-refractivity contribution < 1.29 is 0 Å². The Balaban J connectivity index is 2.24. The topological polar surface area (TPSA) is 51.8 Å². The van der Waals surface area contributed by atoms with Crippen LogP contribution in [0.5, 0.6) is 0 Å². The van der Waals surface area contributed by atoms with E-state index in [1.165, 1.54) is 4.21 Å². The van der Waals surface area contributed by atoms with Crippen LogP contribution in [0.1, 0.15) is 0 Å². The monoisotopic (exact) mass is 209 g/mol. The predicted molar refractivity (Wildman–Crippen MR) is 54.9 cm³/mol. The Kier molecular flexibility index (Phi) is 2.47. The van der Waals surface area contributed by atoms with Gasteiger partial charge in [-0.3, -0.25) is 0 Å². The minimum atomic E-state index is 0.487. The molecule has 0 aliphatic rings. The van der Waals surface area contributed by atoms with E-state index in [2.05, 4.69) is 9.97 Å². The van der Waals surface area contributed by atoms with E-state index in [1.54, 1.807) is 35.5 Å². The van der Waals surface area contributed by atoms with Gasteiger partial charge in [0.25, 0.3) is 0 Å². The molecule has 13 heavy (non-hydrogen) atoms. The van der Waals surface area contributed by atoms with Crippen molar-refractivity contribution in [3.05, 3.63) is 29.9 Å². The molecule has 0 saturated heterocycles. The second-order valence-electron chi connectivity index (χ2n) is 2.28. The highest BCUT2D eigenvalue weighted by molar-refractivity contribution is 8.01. The smallest absolute Gasteiger partial charge is 0.156 e. The number of aromatic nitrogens is 2. The zero-order valence-corrected chi connectivity index (χ0v) is 8.31. The zero-order valence-electron chi connectivity index (χ0n) is 6.68. The van der Waals surface area contributed by atoms with Gasteiger partial charge in [-0.25, -0.2) is 9.97 Å². The summed E-state index contributed by atoms with van der Waals surface area (Å²) in [5, 5.41) is 2.79. The Morgan fingerprint density at radius 3 is 2.85 bits per heavy atom. The van der Waals surface area contributed by atoms with Crippen molar-refractivity contribution in [2.45, 2.75) is 9.24 Å². The second kappa shape index (κ2) is 3.76. The van der Waals surface area contributed by atoms with Crippen LogP contribution in [0.25, 0.3) is 0 Å². The van der Waals surface area contributed by atoms with Crippen molar-refractivity contribution in [1.29, 1.82) is 0 Å². The number of anilines is 1. The maximum atomic E-state index is 5.65. The van der Waals surface area contributed by atoms with Crippen molar-refractivity contribution in [2.24, 2.45) is 0 Å². The molecule has 0 aromatic carbocycles. The molecule has 0 aliphatic heterocycles. The Labute approximate surface area is 84.0 Å². The number of nitrogens with two attached hydrogens (primary N) is 1. The molecule has 0 unspecified atom stereocenters. The number of nitrogens with zero attached hydrogens (tertiary/aromatic N) is 2. The first-order chi connectivity index (χ1) is 6.36. The van der Waals surface area contributed by atoms with Crippen LogP contribution in [0.2, 0.25) is 0 Å². The highest BCUT2D eigenvalue weighted by Gasteiger charge is 2.03. The Hall–Kier alpha value is -1.07. The molecule has 0 saturated carbocycles. The molecule has 5 heteroatoms. The molecule has 0 aliphatic carbocycles. The van der Waals surface area contributed by atoms with E-state index in [0.29, 0.717) is 5.82 Å². The molecular formula is C8H7N3S2. The molecule has 0 spiro atoms. The van der Waals surface area contributed by atoms with Crippen molar-refractivity contribution in [3.8, 4) is 0 Å². The van der Waals surface area contributed by atoms with Crippen molar-refractivity contribution in [3.63, 3.8) is 0 Å². The largest absolute Gasteiger partial charge is 0.381 e. The molecule has 0 atom stereocenters. The molecule has 0 amide bonds. The van der Waals surface area contributed by atoms with Crippen LogP contribution in [-0.4, -0.2) is 9.97 Å². The lowest BCUT2D eigenvalue weighted by atomic mass is 10.7. The lowest BCUT2D eigenvalue weighted by molar-refractivity contribution is 1.07. The van der Waals surface area contributed by atoms with E-state index in [0.717, 1.165) is 5.03 Å². The van der Waals surface area contributed by atoms with Gasteiger partial charge in [0.05, 0.1) is 4.21 Å². The molecule has 2 aromatic rings. The molecular weight excluding hydrogens is 202 g/mol. The quantitative estimate of drug-likeness (QED) is 0.824. The fraction of sp³-hybridized carbons (Fsp3) is 0. The summed E-state index contributed by atoms with van der Waals surface area (Å²) in [6.45, 7) is 0. The minimum Gasteiger partial charge on any atom is -0.381 e. The number of nitrogen functional groups attached to an aromatic ring is 1. The molecule has 2 N–H and O–H groups in total. The van der Waals surface area contributed by atoms with Crippen LogP contribution in [0.4, 0.5) is 5.82 Å². The van der Waals surface area contributed by atoms with Gasteiger partial charge in [0, 0.05) is 12.4 Å². The van der Waals surface area contributed by atoms with E-state index in [9.17, 15) is 0 Å². The SMILES string of the molecule is Nc1nccnc1Sc1cccs1. The lowest BCUT2D eigenvalue weighted by Crippen LogP contribution is -1.93. The Bertz CT molecular complexity index is 386. The van der Waals surface area contributed by atoms with Crippen LogP contribution < -0.4 is 5.73 Å². The first-order valence-corrected chi connectivity index (χ1v) is 5.34. The predicted octanol–water partition coefficient (Wildman–Crippen LogP) is 2.27. The van der Waals surface area contributed by atoms with Crippen molar-refractivity contribution in [2.75, 3.05) is 5.73 Å². The summed E-state index contributed by atoms with van der Waals surface area (Å²) in [5.41, 5.74) is 5.65. The van der Waals surface area contributed by atoms with Gasteiger partial charge >= 0.3 is 0 Å². The van der Waals surface area contributed by atoms with Crippen LogP contribution >= 0.6 is 23.1 Å². The van der Waals surface area contributed by atoms with Gasteiger partial charge in [-0.1, -0.05) is 17.8 Å². The summed E-state index contributed by atoms with van der Waals surface area (Å²) < 4.78 is 1.17. The average molecular weight is 209 g/mol. The summed E-state index contributed by atoms with van der Waals surface area (Å²) >= 11 is 3.21. The first-order valence-electron chi connectivity index (χ1n) is 3.64. The summed E-state index contributed by atoms with van der Waals surface area (Å²) in [5.74, 6) is 0.487. The molecule has 2 rings (SSSR count). The Morgan fingerprint density at radius 2 is 2.15 bits per heavy atom. The molecule has 2 aromatic heterocycles. The highest BCUT2D eigenvalue weighted by Crippen LogP contribution is 2.31. The highest BCUT2D eigenvalue weighted by atomic mass is 32.2. The van der Waals surface area contributed by atoms with Crippen molar-refractivity contribution >= 4 is 28.9 Å². The third-order valence-corrected chi connectivity index (χ3v) is 3.43. The zero-order chi connectivity index (χ0) is 9.10. The van der Waals surface area contributed by atoms with Crippen LogP contribution in [0, 0.1) is 0 Å². The fourth-order valence-electron chi connectivity index (χ4n) is 0.831. The molecule has 0 fully saturated rings. The average Bonchev–Trinajstić information content (AvgIpc) is 2.61. The van der Waals surface area contributed by atoms with Gasteiger partial charge in [0.15, 0.2) is 5.82 Å². The van der Waals surface area contributed by atoms with Crippen LogP contribution in [-0.2, 0) is 0 Å². The maximum absolute atomic E-state index is 5.65. The molecule has 0 radical (unpaired) electrons. The van der Waals surface area contributed by atoms with Gasteiger partial charge in [-0.2, -0.15) is 0 Å². The summed E-state index contributed by atoms with van der Waals surface area (Å²) in [7, 11) is 0. The lowest BCUT2D eigenvalue weighted by Gasteiger charge is -1.99. The minimum absolute atomic E-state index is 0.487. The fourth-order valence-corrected chi connectivity index (χ4v) is 2.48. The number of hydrogen-bond acceptors (Lipinski definition) is 5. The van der Waals surface area contributed by atoms with Crippen molar-refractivity contribution in [1.82, 2.24) is 9.97 Å². The standard InChI is InChI=1S/C8H7N3S2/c9-7-8(11-4-3-10-7)13-6-2-1-5-12-6/h1-5H,(H2,9,10). The summed E-state index contributed by atoms with van der Waals surface area (Å²) in [6.07, 6.45) is 3.24. The summed E-state index contributed by atoms with van der Waals surface area (Å²) in [4.78, 5) is 8.09. The van der Waals surface area contributed by atoms with Gasteiger partial charge in [0.2, 0.25) is 0 Å². The van der Waals surface area contributed by atoms with Gasteiger partial charge < -0.3 is 5.73 Å². The van der Waals surface area contributed by atoms with Gasteiger partial charge in [-0.15, -0.1) is 11.3 Å². The van der Waals surface area contributed by atoms with Crippen LogP contribution in [0.3, 0.4) is 0 Å². The third-order valence-electron chi connectivity index (χ3n) is 1.38. The van der Waals surface area contributed by atoms with Gasteiger partial charge in [-0.05, 0) is 11.4 Å². The second-order valence-corrected chi connectivity index (χ2v) is 4.52. The first kappa shape index (κ1) is 8.52. The molecule has 3 nitrogen and oxygen atoms in total. The van der Waals surface area contributed by atoms with Gasteiger partial charge in [0.1, 0.15) is 5.03 Å². The summed E-state index contributed by atoms with van der Waals surface area (Å²) in [6, 6.07) is 4.03. The third kappa shape index (κ3) is 1.99. The van der Waals surface area contributed by atoms with Crippen LogP contribution in [0.15, 0.2) is 39.1 Å². The molecule has 2 heterocycles. The van der Waals surface area contributed by atoms with E-state index in [-0.39, 0.29) is 0 Å². The number of thiophene rings is 1. The number of rotatable bonds is 2. The van der Waals surface area contributed by atoms with E-state index in [4.69, 9.17) is 5.73 Å². The Morgan fingerprint density at radius 1 is 1.31 bits per heavy atom.